The molecule has 2 rings (SSSR count). The van der Waals surface area contributed by atoms with Gasteiger partial charge in [-0.15, -0.1) is 0 Å². The maximum Gasteiger partial charge on any atom is 0.142 e. The van der Waals surface area contributed by atoms with Gasteiger partial charge in [-0.2, -0.15) is 0 Å². The van der Waals surface area contributed by atoms with Gasteiger partial charge in [0.15, 0.2) is 0 Å². The lowest BCUT2D eigenvalue weighted by Crippen LogP contribution is -2.05. The van der Waals surface area contributed by atoms with Crippen molar-refractivity contribution in [2.24, 2.45) is 0 Å². The summed E-state index contributed by atoms with van der Waals surface area (Å²) in [5, 5.41) is 4.16. The summed E-state index contributed by atoms with van der Waals surface area (Å²) in [4.78, 5) is 0. The van der Waals surface area contributed by atoms with E-state index in [4.69, 9.17) is 16.3 Å². The first-order chi connectivity index (χ1) is 10.2. The van der Waals surface area contributed by atoms with Crippen LogP contribution in [0.2, 0.25) is 5.02 Å². The Hall–Kier alpha value is -1.67. The maximum atomic E-state index is 6.10. The lowest BCUT2D eigenvalue weighted by Gasteiger charge is -2.15. The molecule has 0 spiro atoms. The van der Waals surface area contributed by atoms with Gasteiger partial charge in [-0.3, -0.25) is 0 Å². The van der Waals surface area contributed by atoms with Crippen molar-refractivity contribution < 1.29 is 4.74 Å². The van der Waals surface area contributed by atoms with E-state index in [1.54, 1.807) is 0 Å². The minimum absolute atomic E-state index is 0.710. The van der Waals surface area contributed by atoms with Crippen LogP contribution in [0, 0.1) is 0 Å². The third-order valence-corrected chi connectivity index (χ3v) is 3.61. The summed E-state index contributed by atoms with van der Waals surface area (Å²) in [6.45, 7) is 5.75. The molecular weight excluding hydrogens is 282 g/mol. The Morgan fingerprint density at radius 2 is 1.81 bits per heavy atom. The van der Waals surface area contributed by atoms with Crippen molar-refractivity contribution in [3.63, 3.8) is 0 Å². The van der Waals surface area contributed by atoms with Crippen molar-refractivity contribution in [2.45, 2.75) is 33.2 Å². The molecule has 112 valence electrons. The van der Waals surface area contributed by atoms with E-state index >= 15 is 0 Å². The average molecular weight is 304 g/mol. The molecule has 0 unspecified atom stereocenters. The van der Waals surface area contributed by atoms with E-state index in [9.17, 15) is 0 Å². The zero-order chi connectivity index (χ0) is 15.1. The van der Waals surface area contributed by atoms with Gasteiger partial charge < -0.3 is 10.1 Å². The standard InChI is InChI=1S/C18H22ClNO/c1-3-11-21-18-10-9-16(19)12-17(18)20-13-15-8-6-5-7-14(15)4-2/h5-10,12,20H,3-4,11,13H2,1-2H3. The van der Waals surface area contributed by atoms with Crippen molar-refractivity contribution in [3.05, 3.63) is 58.6 Å². The number of benzene rings is 2. The summed E-state index contributed by atoms with van der Waals surface area (Å²) in [7, 11) is 0. The molecule has 0 saturated heterocycles. The molecule has 0 atom stereocenters. The van der Waals surface area contributed by atoms with Crippen molar-refractivity contribution in [2.75, 3.05) is 11.9 Å². The fourth-order valence-electron chi connectivity index (χ4n) is 2.24. The van der Waals surface area contributed by atoms with Crippen LogP contribution in [0.1, 0.15) is 31.4 Å². The second-order valence-electron chi connectivity index (χ2n) is 4.96. The second kappa shape index (κ2) is 7.94. The SMILES string of the molecule is CCCOc1ccc(Cl)cc1NCc1ccccc1CC. The quantitative estimate of drug-likeness (QED) is 0.749. The molecule has 21 heavy (non-hydrogen) atoms. The third-order valence-electron chi connectivity index (χ3n) is 3.37. The van der Waals surface area contributed by atoms with Crippen molar-refractivity contribution >= 4 is 17.3 Å². The molecule has 0 aromatic heterocycles. The molecule has 0 aliphatic heterocycles. The number of ether oxygens (including phenoxy) is 1. The monoisotopic (exact) mass is 303 g/mol. The summed E-state index contributed by atoms with van der Waals surface area (Å²) in [6.07, 6.45) is 2.02. The van der Waals surface area contributed by atoms with E-state index in [1.165, 1.54) is 11.1 Å². The van der Waals surface area contributed by atoms with Crippen molar-refractivity contribution in [3.8, 4) is 5.75 Å². The molecule has 0 fully saturated rings. The normalized spacial score (nSPS) is 10.4. The maximum absolute atomic E-state index is 6.10. The van der Waals surface area contributed by atoms with Crippen LogP contribution >= 0.6 is 11.6 Å². The fourth-order valence-corrected chi connectivity index (χ4v) is 2.42. The molecular formula is C18H22ClNO. The number of nitrogens with one attached hydrogen (secondary N) is 1. The van der Waals surface area contributed by atoms with Crippen LogP contribution in [-0.4, -0.2) is 6.61 Å². The third kappa shape index (κ3) is 4.40. The van der Waals surface area contributed by atoms with E-state index in [-0.39, 0.29) is 0 Å². The smallest absolute Gasteiger partial charge is 0.142 e. The van der Waals surface area contributed by atoms with Gasteiger partial charge >= 0.3 is 0 Å². The number of rotatable bonds is 7. The van der Waals surface area contributed by atoms with Gasteiger partial charge in [0.1, 0.15) is 5.75 Å². The molecule has 2 aromatic carbocycles. The Bertz CT molecular complexity index is 583. The minimum Gasteiger partial charge on any atom is -0.491 e. The second-order valence-corrected chi connectivity index (χ2v) is 5.40. The number of halogens is 1. The molecule has 0 saturated carbocycles. The summed E-state index contributed by atoms with van der Waals surface area (Å²) in [5.41, 5.74) is 3.62. The van der Waals surface area contributed by atoms with Gasteiger partial charge in [0.2, 0.25) is 0 Å². The van der Waals surface area contributed by atoms with Gasteiger partial charge in [-0.1, -0.05) is 49.7 Å². The predicted molar refractivity (Wildman–Crippen MR) is 90.4 cm³/mol. The molecule has 0 aliphatic carbocycles. The van der Waals surface area contributed by atoms with E-state index in [2.05, 4.69) is 43.4 Å². The Morgan fingerprint density at radius 3 is 2.52 bits per heavy atom. The Balaban J connectivity index is 2.13. The van der Waals surface area contributed by atoms with E-state index in [0.29, 0.717) is 11.6 Å². The number of anilines is 1. The molecule has 2 aromatic rings. The molecule has 0 radical (unpaired) electrons. The fraction of sp³-hybridized carbons (Fsp3) is 0.333. The minimum atomic E-state index is 0.710. The zero-order valence-corrected chi connectivity index (χ0v) is 13.4. The highest BCUT2D eigenvalue weighted by Gasteiger charge is 2.06. The largest absolute Gasteiger partial charge is 0.491 e. The molecule has 2 nitrogen and oxygen atoms in total. The van der Waals surface area contributed by atoms with E-state index in [0.717, 1.165) is 30.8 Å². The molecule has 0 aliphatic rings. The van der Waals surface area contributed by atoms with Crippen LogP contribution in [-0.2, 0) is 13.0 Å². The van der Waals surface area contributed by atoms with Crippen LogP contribution in [0.15, 0.2) is 42.5 Å². The van der Waals surface area contributed by atoms with Gasteiger partial charge in [0, 0.05) is 11.6 Å². The first-order valence-corrected chi connectivity index (χ1v) is 7.85. The van der Waals surface area contributed by atoms with Crippen LogP contribution < -0.4 is 10.1 Å². The molecule has 0 bridgehead atoms. The lowest BCUT2D eigenvalue weighted by atomic mass is 10.1. The van der Waals surface area contributed by atoms with Gasteiger partial charge in [-0.25, -0.2) is 0 Å². The highest BCUT2D eigenvalue weighted by atomic mass is 35.5. The predicted octanol–water partition coefficient (Wildman–Crippen LogP) is 5.30. The summed E-state index contributed by atoms with van der Waals surface area (Å²) >= 11 is 6.10. The molecule has 0 heterocycles. The van der Waals surface area contributed by atoms with Crippen molar-refractivity contribution in [1.29, 1.82) is 0 Å². The van der Waals surface area contributed by atoms with Crippen LogP contribution in [0.5, 0.6) is 5.75 Å². The molecule has 1 N–H and O–H groups in total. The van der Waals surface area contributed by atoms with E-state index < -0.39 is 0 Å². The number of hydrogen-bond acceptors (Lipinski definition) is 2. The zero-order valence-electron chi connectivity index (χ0n) is 12.7. The average Bonchev–Trinajstić information content (AvgIpc) is 2.52. The summed E-state index contributed by atoms with van der Waals surface area (Å²) < 4.78 is 5.77. The Morgan fingerprint density at radius 1 is 1.05 bits per heavy atom. The van der Waals surface area contributed by atoms with E-state index in [1.807, 2.05) is 18.2 Å². The van der Waals surface area contributed by atoms with Crippen LogP contribution in [0.4, 0.5) is 5.69 Å². The molecule has 3 heteroatoms. The summed E-state index contributed by atoms with van der Waals surface area (Å²) in [6, 6.07) is 14.2. The highest BCUT2D eigenvalue weighted by molar-refractivity contribution is 6.30. The van der Waals surface area contributed by atoms with Crippen molar-refractivity contribution in [1.82, 2.24) is 0 Å². The Labute approximate surface area is 132 Å². The summed E-state index contributed by atoms with van der Waals surface area (Å²) in [5.74, 6) is 0.857. The first-order valence-electron chi connectivity index (χ1n) is 7.47. The van der Waals surface area contributed by atoms with Crippen LogP contribution in [0.25, 0.3) is 0 Å². The van der Waals surface area contributed by atoms with Gasteiger partial charge in [-0.05, 0) is 42.2 Å². The molecule has 0 amide bonds. The van der Waals surface area contributed by atoms with Crippen LogP contribution in [0.3, 0.4) is 0 Å². The highest BCUT2D eigenvalue weighted by Crippen LogP contribution is 2.29. The first kappa shape index (κ1) is 15.7. The lowest BCUT2D eigenvalue weighted by molar-refractivity contribution is 0.319. The van der Waals surface area contributed by atoms with Gasteiger partial charge in [0.05, 0.1) is 12.3 Å². The Kier molecular flexibility index (Phi) is 5.94. The van der Waals surface area contributed by atoms with Gasteiger partial charge in [0.25, 0.3) is 0 Å². The number of aryl methyl sites for hydroxylation is 1. The number of hydrogen-bond donors (Lipinski definition) is 1. The topological polar surface area (TPSA) is 21.3 Å².